The van der Waals surface area contributed by atoms with Crippen molar-refractivity contribution < 1.29 is 9.53 Å². The number of ether oxygens (including phenoxy) is 1. The van der Waals surface area contributed by atoms with Crippen LogP contribution in [0.5, 0.6) is 0 Å². The molecular formula is C13H19IN4O2. The molecule has 2 atom stereocenters. The van der Waals surface area contributed by atoms with Crippen LogP contribution >= 0.6 is 24.0 Å². The SMILES string of the molecule is I.NC(=O)C1CCC(CN=C(N)Nc2ccccc2)O1. The molecule has 1 aliphatic rings. The van der Waals surface area contributed by atoms with E-state index >= 15 is 0 Å². The Morgan fingerprint density at radius 3 is 2.60 bits per heavy atom. The van der Waals surface area contributed by atoms with E-state index < -0.39 is 12.0 Å². The molecule has 0 aliphatic carbocycles. The molecule has 0 radical (unpaired) electrons. The number of benzene rings is 1. The van der Waals surface area contributed by atoms with Crippen LogP contribution < -0.4 is 16.8 Å². The number of primary amides is 1. The number of amides is 1. The Balaban J connectivity index is 0.00000200. The highest BCUT2D eigenvalue weighted by Crippen LogP contribution is 2.19. The molecule has 0 spiro atoms. The van der Waals surface area contributed by atoms with Gasteiger partial charge in [0.05, 0.1) is 12.6 Å². The van der Waals surface area contributed by atoms with Gasteiger partial charge in [0, 0.05) is 5.69 Å². The van der Waals surface area contributed by atoms with E-state index in [1.54, 1.807) is 0 Å². The normalized spacial score (nSPS) is 22.1. The average Bonchev–Trinajstić information content (AvgIpc) is 2.86. The fourth-order valence-corrected chi connectivity index (χ4v) is 1.96. The monoisotopic (exact) mass is 390 g/mol. The highest BCUT2D eigenvalue weighted by Gasteiger charge is 2.28. The summed E-state index contributed by atoms with van der Waals surface area (Å²) in [6.07, 6.45) is 0.856. The number of para-hydroxylation sites is 1. The lowest BCUT2D eigenvalue weighted by molar-refractivity contribution is -0.128. The number of rotatable bonds is 4. The largest absolute Gasteiger partial charge is 0.370 e. The van der Waals surface area contributed by atoms with Crippen molar-refractivity contribution in [2.24, 2.45) is 16.5 Å². The van der Waals surface area contributed by atoms with Crippen LogP contribution in [0.3, 0.4) is 0 Å². The van der Waals surface area contributed by atoms with Crippen LogP contribution in [0.25, 0.3) is 0 Å². The Hall–Kier alpha value is -1.35. The minimum Gasteiger partial charge on any atom is -0.370 e. The number of hydrogen-bond acceptors (Lipinski definition) is 3. The van der Waals surface area contributed by atoms with E-state index in [2.05, 4.69) is 10.3 Å². The summed E-state index contributed by atoms with van der Waals surface area (Å²) in [4.78, 5) is 15.2. The van der Waals surface area contributed by atoms with Gasteiger partial charge in [-0.25, -0.2) is 0 Å². The van der Waals surface area contributed by atoms with E-state index in [4.69, 9.17) is 16.2 Å². The minimum absolute atomic E-state index is 0. The first kappa shape index (κ1) is 16.7. The average molecular weight is 390 g/mol. The molecule has 110 valence electrons. The van der Waals surface area contributed by atoms with Gasteiger partial charge in [-0.1, -0.05) is 18.2 Å². The Bertz CT molecular complexity index is 467. The zero-order chi connectivity index (χ0) is 13.7. The molecule has 1 saturated heterocycles. The number of nitrogens with one attached hydrogen (secondary N) is 1. The highest BCUT2D eigenvalue weighted by atomic mass is 127. The van der Waals surface area contributed by atoms with Gasteiger partial charge < -0.3 is 21.5 Å². The van der Waals surface area contributed by atoms with E-state index in [1.807, 2.05) is 30.3 Å². The van der Waals surface area contributed by atoms with Crippen LogP contribution in [0.1, 0.15) is 12.8 Å². The van der Waals surface area contributed by atoms with Gasteiger partial charge in [0.25, 0.3) is 0 Å². The Morgan fingerprint density at radius 2 is 2.00 bits per heavy atom. The van der Waals surface area contributed by atoms with Crippen LogP contribution in [0.2, 0.25) is 0 Å². The molecule has 0 bridgehead atoms. The fourth-order valence-electron chi connectivity index (χ4n) is 1.96. The third kappa shape index (κ3) is 4.97. The molecule has 1 heterocycles. The number of anilines is 1. The van der Waals surface area contributed by atoms with Gasteiger partial charge >= 0.3 is 0 Å². The van der Waals surface area contributed by atoms with E-state index in [0.717, 1.165) is 12.1 Å². The van der Waals surface area contributed by atoms with Crippen molar-refractivity contribution in [1.82, 2.24) is 0 Å². The topological polar surface area (TPSA) is 103 Å². The van der Waals surface area contributed by atoms with Crippen LogP contribution in [-0.2, 0) is 9.53 Å². The standard InChI is InChI=1S/C13H18N4O2.HI/c14-12(18)11-7-6-10(19-11)8-16-13(15)17-9-4-2-1-3-5-9;/h1-5,10-11H,6-8H2,(H2,14,18)(H3,15,16,17);1H. The lowest BCUT2D eigenvalue weighted by Gasteiger charge is -2.10. The first-order valence-corrected chi connectivity index (χ1v) is 6.22. The molecule has 0 saturated carbocycles. The van der Waals surface area contributed by atoms with Crippen molar-refractivity contribution in [3.8, 4) is 0 Å². The molecule has 5 N–H and O–H groups in total. The lowest BCUT2D eigenvalue weighted by Crippen LogP contribution is -2.29. The summed E-state index contributed by atoms with van der Waals surface area (Å²) in [6, 6.07) is 9.55. The van der Waals surface area contributed by atoms with E-state index in [9.17, 15) is 4.79 Å². The Kier molecular flexibility index (Phi) is 6.73. The first-order chi connectivity index (χ1) is 9.15. The van der Waals surface area contributed by atoms with Gasteiger partial charge in [-0.3, -0.25) is 9.79 Å². The summed E-state index contributed by atoms with van der Waals surface area (Å²) in [7, 11) is 0. The zero-order valence-corrected chi connectivity index (χ0v) is 13.3. The van der Waals surface area contributed by atoms with Crippen LogP contribution in [0, 0.1) is 0 Å². The van der Waals surface area contributed by atoms with Crippen LogP contribution in [-0.4, -0.2) is 30.6 Å². The molecule has 2 unspecified atom stereocenters. The fraction of sp³-hybridized carbons (Fsp3) is 0.385. The molecule has 1 fully saturated rings. The number of halogens is 1. The number of guanidine groups is 1. The maximum atomic E-state index is 11.0. The Morgan fingerprint density at radius 1 is 1.30 bits per heavy atom. The summed E-state index contributed by atoms with van der Waals surface area (Å²) < 4.78 is 5.46. The third-order valence-electron chi connectivity index (χ3n) is 2.94. The van der Waals surface area contributed by atoms with Crippen molar-refractivity contribution in [3.63, 3.8) is 0 Å². The predicted octanol–water partition coefficient (Wildman–Crippen LogP) is 1.06. The van der Waals surface area contributed by atoms with Crippen molar-refractivity contribution in [3.05, 3.63) is 30.3 Å². The highest BCUT2D eigenvalue weighted by molar-refractivity contribution is 14.0. The number of carbonyl (C=O) groups excluding carboxylic acids is 1. The smallest absolute Gasteiger partial charge is 0.246 e. The summed E-state index contributed by atoms with van der Waals surface area (Å²) in [5.74, 6) is -0.0841. The second-order valence-corrected chi connectivity index (χ2v) is 4.44. The number of aliphatic imine (C=N–C) groups is 1. The van der Waals surface area contributed by atoms with Crippen molar-refractivity contribution in [2.45, 2.75) is 25.0 Å². The molecule has 1 aromatic carbocycles. The van der Waals surface area contributed by atoms with E-state index in [-0.39, 0.29) is 30.1 Å². The molecule has 20 heavy (non-hydrogen) atoms. The number of nitrogens with two attached hydrogens (primary N) is 2. The van der Waals surface area contributed by atoms with Gasteiger partial charge in [-0.15, -0.1) is 24.0 Å². The van der Waals surface area contributed by atoms with Crippen molar-refractivity contribution >= 4 is 41.5 Å². The van der Waals surface area contributed by atoms with Crippen molar-refractivity contribution in [1.29, 1.82) is 0 Å². The Labute approximate surface area is 135 Å². The third-order valence-corrected chi connectivity index (χ3v) is 2.94. The molecule has 0 aromatic heterocycles. The summed E-state index contributed by atoms with van der Waals surface area (Å²) in [6.45, 7) is 0.426. The minimum atomic E-state index is -0.483. The van der Waals surface area contributed by atoms with Gasteiger partial charge in [-0.05, 0) is 25.0 Å². The molecular weight excluding hydrogens is 371 g/mol. The lowest BCUT2D eigenvalue weighted by atomic mass is 10.2. The molecule has 2 rings (SSSR count). The summed E-state index contributed by atoms with van der Waals surface area (Å²) in [5.41, 5.74) is 11.8. The summed E-state index contributed by atoms with van der Waals surface area (Å²) >= 11 is 0. The molecule has 1 aromatic rings. The quantitative estimate of drug-likeness (QED) is 0.407. The van der Waals surface area contributed by atoms with Gasteiger partial charge in [0.15, 0.2) is 5.96 Å². The van der Waals surface area contributed by atoms with Crippen molar-refractivity contribution in [2.75, 3.05) is 11.9 Å². The van der Waals surface area contributed by atoms with Gasteiger partial charge in [0.1, 0.15) is 6.10 Å². The second-order valence-electron chi connectivity index (χ2n) is 4.44. The molecule has 6 nitrogen and oxygen atoms in total. The predicted molar refractivity (Wildman–Crippen MR) is 89.1 cm³/mol. The van der Waals surface area contributed by atoms with Gasteiger partial charge in [0.2, 0.25) is 5.91 Å². The molecule has 1 aliphatic heterocycles. The molecule has 7 heteroatoms. The van der Waals surface area contributed by atoms with Gasteiger partial charge in [-0.2, -0.15) is 0 Å². The van der Waals surface area contributed by atoms with E-state index in [0.29, 0.717) is 18.9 Å². The number of hydrogen-bond donors (Lipinski definition) is 3. The first-order valence-electron chi connectivity index (χ1n) is 6.22. The zero-order valence-electron chi connectivity index (χ0n) is 11.0. The summed E-state index contributed by atoms with van der Waals surface area (Å²) in [5, 5.41) is 2.98. The van der Waals surface area contributed by atoms with Crippen LogP contribution in [0.4, 0.5) is 5.69 Å². The number of carbonyl (C=O) groups is 1. The molecule has 1 amide bonds. The maximum absolute atomic E-state index is 11.0. The maximum Gasteiger partial charge on any atom is 0.246 e. The van der Waals surface area contributed by atoms with E-state index in [1.165, 1.54) is 0 Å². The number of nitrogens with zero attached hydrogens (tertiary/aromatic N) is 1. The van der Waals surface area contributed by atoms with Crippen LogP contribution in [0.15, 0.2) is 35.3 Å². The second kappa shape index (κ2) is 8.05.